The summed E-state index contributed by atoms with van der Waals surface area (Å²) in [4.78, 5) is 0. The maximum atomic E-state index is 10.3. The summed E-state index contributed by atoms with van der Waals surface area (Å²) in [6.45, 7) is 2.00. The lowest BCUT2D eigenvalue weighted by atomic mass is 9.94. The molecule has 2 aromatic rings. The Hall–Kier alpha value is -1.22. The van der Waals surface area contributed by atoms with E-state index in [-0.39, 0.29) is 6.10 Å². The quantitative estimate of drug-likeness (QED) is 0.815. The molecule has 0 fully saturated rings. The number of hydrogen-bond acceptors (Lipinski definition) is 2. The van der Waals surface area contributed by atoms with E-state index in [9.17, 15) is 5.11 Å². The van der Waals surface area contributed by atoms with Crippen molar-refractivity contribution >= 4 is 23.2 Å². The second-order valence-corrected chi connectivity index (χ2v) is 5.89. The summed E-state index contributed by atoms with van der Waals surface area (Å²) >= 11 is 12.0. The van der Waals surface area contributed by atoms with Crippen LogP contribution < -0.4 is 4.74 Å². The number of halogens is 2. The zero-order valence-corrected chi connectivity index (χ0v) is 12.4. The molecule has 1 aliphatic rings. The molecule has 0 bridgehead atoms. The number of aliphatic hydroxyl groups excluding tert-OH is 1. The first-order valence-electron chi connectivity index (χ1n) is 6.45. The Balaban J connectivity index is 1.94. The van der Waals surface area contributed by atoms with Gasteiger partial charge in [0.05, 0.1) is 16.1 Å². The number of hydrogen-bond donors (Lipinski definition) is 1. The van der Waals surface area contributed by atoms with Crippen LogP contribution in [0.1, 0.15) is 35.3 Å². The van der Waals surface area contributed by atoms with E-state index in [1.165, 1.54) is 0 Å². The number of aliphatic hydroxyl groups is 1. The second kappa shape index (κ2) is 5.28. The summed E-state index contributed by atoms with van der Waals surface area (Å²) in [6, 6.07) is 11.3. The fourth-order valence-corrected chi connectivity index (χ4v) is 2.79. The Morgan fingerprint density at radius 3 is 2.65 bits per heavy atom. The highest BCUT2D eigenvalue weighted by Gasteiger charge is 2.28. The van der Waals surface area contributed by atoms with Gasteiger partial charge in [0.2, 0.25) is 0 Å². The van der Waals surface area contributed by atoms with Gasteiger partial charge in [0, 0.05) is 12.0 Å². The Kier molecular flexibility index (Phi) is 3.63. The van der Waals surface area contributed by atoms with Gasteiger partial charge in [0.1, 0.15) is 11.9 Å². The van der Waals surface area contributed by atoms with Crippen molar-refractivity contribution in [3.05, 3.63) is 63.1 Å². The minimum Gasteiger partial charge on any atom is -0.485 e. The Labute approximate surface area is 127 Å². The summed E-state index contributed by atoms with van der Waals surface area (Å²) in [5.41, 5.74) is 2.88. The van der Waals surface area contributed by atoms with Gasteiger partial charge in [-0.3, -0.25) is 0 Å². The minimum atomic E-state index is -0.530. The van der Waals surface area contributed by atoms with E-state index in [1.807, 2.05) is 31.2 Å². The molecule has 2 unspecified atom stereocenters. The highest BCUT2D eigenvalue weighted by Crippen LogP contribution is 2.41. The molecule has 0 aromatic heterocycles. The van der Waals surface area contributed by atoms with Crippen molar-refractivity contribution < 1.29 is 9.84 Å². The topological polar surface area (TPSA) is 29.5 Å². The molecule has 104 valence electrons. The summed E-state index contributed by atoms with van der Waals surface area (Å²) in [5.74, 6) is 0.727. The van der Waals surface area contributed by atoms with Crippen molar-refractivity contribution in [3.8, 4) is 5.75 Å². The normalized spacial score (nSPS) is 21.2. The number of fused-ring (bicyclic) bond motifs is 1. The fourth-order valence-electron chi connectivity index (χ4n) is 2.48. The first-order valence-corrected chi connectivity index (χ1v) is 7.20. The van der Waals surface area contributed by atoms with Gasteiger partial charge < -0.3 is 9.84 Å². The van der Waals surface area contributed by atoms with Gasteiger partial charge in [-0.05, 0) is 36.8 Å². The second-order valence-electron chi connectivity index (χ2n) is 5.07. The molecular weight excluding hydrogens is 295 g/mol. The zero-order valence-electron chi connectivity index (χ0n) is 10.9. The maximum absolute atomic E-state index is 10.3. The van der Waals surface area contributed by atoms with Crippen molar-refractivity contribution in [2.24, 2.45) is 0 Å². The van der Waals surface area contributed by atoms with Crippen molar-refractivity contribution in [2.45, 2.75) is 25.6 Å². The Bertz CT molecular complexity index is 655. The smallest absolute Gasteiger partial charge is 0.127 e. The molecule has 3 rings (SSSR count). The lowest BCUT2D eigenvalue weighted by Crippen LogP contribution is -2.19. The van der Waals surface area contributed by atoms with Gasteiger partial charge in [0.15, 0.2) is 0 Å². The number of rotatable bonds is 1. The summed E-state index contributed by atoms with van der Waals surface area (Å²) in [6.07, 6.45) is -0.234. The molecule has 0 radical (unpaired) electrons. The molecule has 4 heteroatoms. The van der Waals surface area contributed by atoms with Gasteiger partial charge >= 0.3 is 0 Å². The molecule has 0 aliphatic carbocycles. The van der Waals surface area contributed by atoms with Gasteiger partial charge in [-0.25, -0.2) is 0 Å². The Morgan fingerprint density at radius 1 is 1.10 bits per heavy atom. The van der Waals surface area contributed by atoms with Gasteiger partial charge in [-0.1, -0.05) is 40.9 Å². The monoisotopic (exact) mass is 308 g/mol. The van der Waals surface area contributed by atoms with E-state index < -0.39 is 6.10 Å². The summed E-state index contributed by atoms with van der Waals surface area (Å²) in [5, 5.41) is 11.3. The van der Waals surface area contributed by atoms with Crippen LogP contribution in [0.5, 0.6) is 5.75 Å². The molecule has 2 atom stereocenters. The van der Waals surface area contributed by atoms with Crippen molar-refractivity contribution in [3.63, 3.8) is 0 Å². The van der Waals surface area contributed by atoms with E-state index >= 15 is 0 Å². The van der Waals surface area contributed by atoms with E-state index in [2.05, 4.69) is 0 Å². The van der Waals surface area contributed by atoms with E-state index in [0.29, 0.717) is 16.5 Å². The van der Waals surface area contributed by atoms with E-state index in [0.717, 1.165) is 22.4 Å². The lowest BCUT2D eigenvalue weighted by molar-refractivity contribution is 0.0657. The molecule has 1 heterocycles. The van der Waals surface area contributed by atoms with E-state index in [4.69, 9.17) is 27.9 Å². The van der Waals surface area contributed by atoms with Crippen LogP contribution in [-0.4, -0.2) is 5.11 Å². The van der Waals surface area contributed by atoms with Crippen LogP contribution in [-0.2, 0) is 0 Å². The first-order chi connectivity index (χ1) is 9.54. The van der Waals surface area contributed by atoms with Crippen LogP contribution in [0.2, 0.25) is 10.0 Å². The molecule has 0 saturated carbocycles. The average molecular weight is 309 g/mol. The molecule has 0 spiro atoms. The van der Waals surface area contributed by atoms with Crippen LogP contribution in [0.4, 0.5) is 0 Å². The molecule has 1 aliphatic heterocycles. The van der Waals surface area contributed by atoms with Gasteiger partial charge in [0.25, 0.3) is 0 Å². The third-order valence-electron chi connectivity index (χ3n) is 3.55. The lowest BCUT2D eigenvalue weighted by Gasteiger charge is -2.30. The standard InChI is InChI=1S/C16H14Cl2O2/c1-9-2-5-15-11(6-9)14(19)8-16(20-15)10-3-4-12(17)13(18)7-10/h2-7,14,16,19H,8H2,1H3. The summed E-state index contributed by atoms with van der Waals surface area (Å²) < 4.78 is 5.98. The largest absolute Gasteiger partial charge is 0.485 e. The van der Waals surface area contributed by atoms with Crippen molar-refractivity contribution in [1.29, 1.82) is 0 Å². The van der Waals surface area contributed by atoms with E-state index in [1.54, 1.807) is 12.1 Å². The summed E-state index contributed by atoms with van der Waals surface area (Å²) in [7, 11) is 0. The minimum absolute atomic E-state index is 0.213. The van der Waals surface area contributed by atoms with Crippen LogP contribution in [0, 0.1) is 6.92 Å². The zero-order chi connectivity index (χ0) is 14.3. The predicted octanol–water partition coefficient (Wildman–Crippen LogP) is 4.86. The molecule has 2 aromatic carbocycles. The third kappa shape index (κ3) is 2.51. The van der Waals surface area contributed by atoms with Crippen molar-refractivity contribution in [2.75, 3.05) is 0 Å². The third-order valence-corrected chi connectivity index (χ3v) is 4.29. The SMILES string of the molecule is Cc1ccc2c(c1)C(O)CC(c1ccc(Cl)c(Cl)c1)O2. The Morgan fingerprint density at radius 2 is 1.90 bits per heavy atom. The van der Waals surface area contributed by atoms with Crippen LogP contribution in [0.3, 0.4) is 0 Å². The maximum Gasteiger partial charge on any atom is 0.127 e. The molecule has 0 saturated heterocycles. The van der Waals surface area contributed by atoms with Crippen molar-refractivity contribution in [1.82, 2.24) is 0 Å². The highest BCUT2D eigenvalue weighted by molar-refractivity contribution is 6.42. The molecule has 1 N–H and O–H groups in total. The average Bonchev–Trinajstić information content (AvgIpc) is 2.42. The first kappa shape index (κ1) is 13.7. The van der Waals surface area contributed by atoms with Gasteiger partial charge in [-0.2, -0.15) is 0 Å². The number of ether oxygens (including phenoxy) is 1. The van der Waals surface area contributed by atoms with Crippen LogP contribution in [0.15, 0.2) is 36.4 Å². The van der Waals surface area contributed by atoms with Crippen LogP contribution >= 0.6 is 23.2 Å². The molecular formula is C16H14Cl2O2. The molecule has 2 nitrogen and oxygen atoms in total. The van der Waals surface area contributed by atoms with Gasteiger partial charge in [-0.15, -0.1) is 0 Å². The molecule has 20 heavy (non-hydrogen) atoms. The number of aryl methyl sites for hydroxylation is 1. The van der Waals surface area contributed by atoms with Crippen LogP contribution in [0.25, 0.3) is 0 Å². The fraction of sp³-hybridized carbons (Fsp3) is 0.250. The molecule has 0 amide bonds. The predicted molar refractivity (Wildman–Crippen MR) is 80.6 cm³/mol. The highest BCUT2D eigenvalue weighted by atomic mass is 35.5. The number of benzene rings is 2.